The summed E-state index contributed by atoms with van der Waals surface area (Å²) in [5.74, 6) is -0.225. The summed E-state index contributed by atoms with van der Waals surface area (Å²) in [5.41, 5.74) is 1.38. The quantitative estimate of drug-likeness (QED) is 0.860. The third-order valence-corrected chi connectivity index (χ3v) is 2.90. The number of benzene rings is 1. The molecule has 1 aromatic rings. The number of methoxy groups -OCH3 is 1. The number of hydrogen-bond acceptors (Lipinski definition) is 3. The van der Waals surface area contributed by atoms with Crippen LogP contribution in [0, 0.1) is 0 Å². The van der Waals surface area contributed by atoms with Gasteiger partial charge in [-0.3, -0.25) is 9.59 Å². The molecule has 2 amide bonds. The van der Waals surface area contributed by atoms with Gasteiger partial charge in [0.1, 0.15) is 6.61 Å². The number of fused-ring (bicyclic) bond motifs is 1. The van der Waals surface area contributed by atoms with Crippen LogP contribution in [0.3, 0.4) is 0 Å². The molecule has 1 N–H and O–H groups in total. The lowest BCUT2D eigenvalue weighted by Crippen LogP contribution is -2.41. The molecular formula is C13H16N2O3. The van der Waals surface area contributed by atoms with Crippen LogP contribution in [0.4, 0.5) is 11.4 Å². The number of rotatable bonds is 2. The maximum atomic E-state index is 12.1. The fourth-order valence-electron chi connectivity index (χ4n) is 2.16. The summed E-state index contributed by atoms with van der Waals surface area (Å²) >= 11 is 0. The Morgan fingerprint density at radius 1 is 1.50 bits per heavy atom. The Morgan fingerprint density at radius 2 is 2.22 bits per heavy atom. The van der Waals surface area contributed by atoms with Crippen LogP contribution in [0.5, 0.6) is 0 Å². The summed E-state index contributed by atoms with van der Waals surface area (Å²) < 4.78 is 4.89. The summed E-state index contributed by atoms with van der Waals surface area (Å²) in [4.78, 5) is 25.4. The molecule has 2 rings (SSSR count). The zero-order valence-electron chi connectivity index (χ0n) is 10.5. The number of carbonyl (C=O) groups excluding carboxylic acids is 2. The average Bonchev–Trinajstić information content (AvgIpc) is 2.43. The van der Waals surface area contributed by atoms with Gasteiger partial charge in [0.25, 0.3) is 5.91 Å². The molecule has 1 aliphatic heterocycles. The molecule has 0 saturated heterocycles. The zero-order valence-corrected chi connectivity index (χ0v) is 10.5. The molecule has 96 valence electrons. The van der Waals surface area contributed by atoms with Crippen LogP contribution >= 0.6 is 0 Å². The van der Waals surface area contributed by atoms with Crippen LogP contribution in [0.25, 0.3) is 0 Å². The first-order valence-corrected chi connectivity index (χ1v) is 5.83. The maximum absolute atomic E-state index is 12.1. The highest BCUT2D eigenvalue weighted by Gasteiger charge is 2.29. The SMILES string of the molecule is COCC(=O)N1c2ccccc2NC(=O)C[C@H]1C. The van der Waals surface area contributed by atoms with E-state index >= 15 is 0 Å². The second-order valence-corrected chi connectivity index (χ2v) is 4.32. The summed E-state index contributed by atoms with van der Waals surface area (Å²) in [6.45, 7) is 1.86. The smallest absolute Gasteiger partial charge is 0.253 e. The molecule has 0 aliphatic carbocycles. The Bertz CT molecular complexity index is 473. The fraction of sp³-hybridized carbons (Fsp3) is 0.385. The molecular weight excluding hydrogens is 232 g/mol. The molecule has 0 unspecified atom stereocenters. The van der Waals surface area contributed by atoms with Gasteiger partial charge in [0, 0.05) is 19.6 Å². The molecule has 0 radical (unpaired) electrons. The van der Waals surface area contributed by atoms with E-state index in [1.54, 1.807) is 11.0 Å². The molecule has 0 spiro atoms. The number of hydrogen-bond donors (Lipinski definition) is 1. The number of anilines is 2. The summed E-state index contributed by atoms with van der Waals surface area (Å²) in [7, 11) is 1.48. The van der Waals surface area contributed by atoms with Gasteiger partial charge in [0.15, 0.2) is 0 Å². The number of amides is 2. The number of nitrogens with one attached hydrogen (secondary N) is 1. The van der Waals surface area contributed by atoms with Crippen LogP contribution in [0.15, 0.2) is 24.3 Å². The number of carbonyl (C=O) groups is 2. The molecule has 1 heterocycles. The van der Waals surface area contributed by atoms with Crippen molar-refractivity contribution in [1.29, 1.82) is 0 Å². The molecule has 18 heavy (non-hydrogen) atoms. The molecule has 1 atom stereocenters. The first-order chi connectivity index (χ1) is 8.63. The Labute approximate surface area is 106 Å². The van der Waals surface area contributed by atoms with Crippen LogP contribution in [0.2, 0.25) is 0 Å². The number of ether oxygens (including phenoxy) is 1. The lowest BCUT2D eigenvalue weighted by atomic mass is 10.1. The molecule has 0 bridgehead atoms. The van der Waals surface area contributed by atoms with Crippen molar-refractivity contribution in [3.05, 3.63) is 24.3 Å². The van der Waals surface area contributed by atoms with Crippen molar-refractivity contribution >= 4 is 23.2 Å². The lowest BCUT2D eigenvalue weighted by Gasteiger charge is -2.27. The Kier molecular flexibility index (Phi) is 3.62. The van der Waals surface area contributed by atoms with E-state index in [1.165, 1.54) is 7.11 Å². The van der Waals surface area contributed by atoms with E-state index in [9.17, 15) is 9.59 Å². The first kappa shape index (κ1) is 12.6. The molecule has 0 fully saturated rings. The van der Waals surface area contributed by atoms with Gasteiger partial charge >= 0.3 is 0 Å². The van der Waals surface area contributed by atoms with Gasteiger partial charge in [-0.05, 0) is 19.1 Å². The van der Waals surface area contributed by atoms with Gasteiger partial charge in [0.05, 0.1) is 11.4 Å². The van der Waals surface area contributed by atoms with Gasteiger partial charge in [0.2, 0.25) is 5.91 Å². The molecule has 5 heteroatoms. The van der Waals surface area contributed by atoms with Gasteiger partial charge in [-0.15, -0.1) is 0 Å². The van der Waals surface area contributed by atoms with Gasteiger partial charge in [-0.25, -0.2) is 0 Å². The molecule has 0 saturated carbocycles. The van der Waals surface area contributed by atoms with Crippen molar-refractivity contribution in [2.45, 2.75) is 19.4 Å². The van der Waals surface area contributed by atoms with E-state index in [0.717, 1.165) is 5.69 Å². The van der Waals surface area contributed by atoms with Crippen LogP contribution in [0.1, 0.15) is 13.3 Å². The van der Waals surface area contributed by atoms with Gasteiger partial charge in [-0.2, -0.15) is 0 Å². The van der Waals surface area contributed by atoms with Gasteiger partial charge in [-0.1, -0.05) is 12.1 Å². The Balaban J connectivity index is 2.43. The standard InChI is InChI=1S/C13H16N2O3/c1-9-7-12(16)14-10-5-3-4-6-11(10)15(9)13(17)8-18-2/h3-6,9H,7-8H2,1-2H3,(H,14,16)/t9-/m1/s1. The fourth-order valence-corrected chi connectivity index (χ4v) is 2.16. The van der Waals surface area contributed by atoms with Crippen molar-refractivity contribution in [3.8, 4) is 0 Å². The Morgan fingerprint density at radius 3 is 2.94 bits per heavy atom. The minimum absolute atomic E-state index is 0.00681. The normalized spacial score (nSPS) is 18.9. The van der Waals surface area contributed by atoms with Crippen molar-refractivity contribution in [3.63, 3.8) is 0 Å². The van der Waals surface area contributed by atoms with Crippen LogP contribution in [-0.2, 0) is 14.3 Å². The minimum atomic E-state index is -0.184. The second kappa shape index (κ2) is 5.18. The second-order valence-electron chi connectivity index (χ2n) is 4.32. The number of para-hydroxylation sites is 2. The van der Waals surface area contributed by atoms with Crippen molar-refractivity contribution in [2.24, 2.45) is 0 Å². The number of nitrogens with zero attached hydrogens (tertiary/aromatic N) is 1. The van der Waals surface area contributed by atoms with E-state index in [1.807, 2.05) is 25.1 Å². The predicted octanol–water partition coefficient (Wildman–Crippen LogP) is 1.40. The summed E-state index contributed by atoms with van der Waals surface area (Å²) in [6, 6.07) is 7.10. The molecule has 1 aromatic carbocycles. The highest BCUT2D eigenvalue weighted by atomic mass is 16.5. The Hall–Kier alpha value is -1.88. The van der Waals surface area contributed by atoms with Crippen LogP contribution in [-0.4, -0.2) is 31.6 Å². The lowest BCUT2D eigenvalue weighted by molar-refractivity contribution is -0.122. The third-order valence-electron chi connectivity index (χ3n) is 2.90. The maximum Gasteiger partial charge on any atom is 0.253 e. The first-order valence-electron chi connectivity index (χ1n) is 5.83. The van der Waals surface area contributed by atoms with E-state index in [2.05, 4.69) is 5.32 Å². The van der Waals surface area contributed by atoms with Crippen LogP contribution < -0.4 is 10.2 Å². The van der Waals surface area contributed by atoms with Gasteiger partial charge < -0.3 is 15.0 Å². The minimum Gasteiger partial charge on any atom is -0.375 e. The van der Waals surface area contributed by atoms with Crippen molar-refractivity contribution in [1.82, 2.24) is 0 Å². The van der Waals surface area contributed by atoms with E-state index < -0.39 is 0 Å². The van der Waals surface area contributed by atoms with E-state index in [-0.39, 0.29) is 30.9 Å². The molecule has 5 nitrogen and oxygen atoms in total. The van der Waals surface area contributed by atoms with E-state index in [4.69, 9.17) is 4.74 Å². The molecule has 1 aliphatic rings. The summed E-state index contributed by atoms with van der Waals surface area (Å²) in [6.07, 6.45) is 0.282. The monoisotopic (exact) mass is 248 g/mol. The molecule has 0 aromatic heterocycles. The topological polar surface area (TPSA) is 58.6 Å². The average molecular weight is 248 g/mol. The zero-order chi connectivity index (χ0) is 13.1. The largest absolute Gasteiger partial charge is 0.375 e. The van der Waals surface area contributed by atoms with Crippen molar-refractivity contribution < 1.29 is 14.3 Å². The van der Waals surface area contributed by atoms with Crippen molar-refractivity contribution in [2.75, 3.05) is 23.9 Å². The third kappa shape index (κ3) is 2.36. The highest BCUT2D eigenvalue weighted by molar-refractivity contribution is 6.04. The highest BCUT2D eigenvalue weighted by Crippen LogP contribution is 2.31. The predicted molar refractivity (Wildman–Crippen MR) is 68.5 cm³/mol. The van der Waals surface area contributed by atoms with E-state index in [0.29, 0.717) is 5.69 Å². The summed E-state index contributed by atoms with van der Waals surface area (Å²) in [5, 5.41) is 2.81.